The van der Waals surface area contributed by atoms with E-state index < -0.39 is 0 Å². The number of nitrogens with zero attached hydrogens (tertiary/aromatic N) is 1. The Morgan fingerprint density at radius 1 is 1.24 bits per heavy atom. The predicted molar refractivity (Wildman–Crippen MR) is 82.0 cm³/mol. The molecule has 0 unspecified atom stereocenters. The average Bonchev–Trinajstić information content (AvgIpc) is 2.82. The molecule has 1 heterocycles. The fourth-order valence-electron chi connectivity index (χ4n) is 2.29. The van der Waals surface area contributed by atoms with Crippen molar-refractivity contribution in [2.75, 3.05) is 6.61 Å². The quantitative estimate of drug-likeness (QED) is 0.486. The number of ether oxygens (including phenoxy) is 1. The molecule has 0 bridgehead atoms. The SMILES string of the molecule is Cc1cc(CCCOc2c(C)cc(C(=N)N)cc2C)on1. The van der Waals surface area contributed by atoms with Crippen LogP contribution in [0.1, 0.15) is 34.6 Å². The van der Waals surface area contributed by atoms with Gasteiger partial charge in [0.05, 0.1) is 12.3 Å². The van der Waals surface area contributed by atoms with Gasteiger partial charge in [0.1, 0.15) is 17.3 Å². The molecular formula is C16H21N3O2. The lowest BCUT2D eigenvalue weighted by molar-refractivity contribution is 0.296. The molecule has 0 amide bonds. The number of nitrogens with one attached hydrogen (secondary N) is 1. The first-order valence-electron chi connectivity index (χ1n) is 6.98. The molecule has 0 spiro atoms. The van der Waals surface area contributed by atoms with Gasteiger partial charge in [0.25, 0.3) is 0 Å². The first kappa shape index (κ1) is 15.1. The molecule has 0 atom stereocenters. The van der Waals surface area contributed by atoms with Gasteiger partial charge in [0.15, 0.2) is 0 Å². The summed E-state index contributed by atoms with van der Waals surface area (Å²) in [5.41, 5.74) is 9.14. The van der Waals surface area contributed by atoms with Crippen LogP contribution in [-0.4, -0.2) is 17.6 Å². The normalized spacial score (nSPS) is 10.6. The van der Waals surface area contributed by atoms with Crippen molar-refractivity contribution in [1.82, 2.24) is 5.16 Å². The lowest BCUT2D eigenvalue weighted by atomic mass is 10.1. The Kier molecular flexibility index (Phi) is 4.62. The van der Waals surface area contributed by atoms with Crippen molar-refractivity contribution in [3.05, 3.63) is 46.3 Å². The molecule has 0 aliphatic rings. The van der Waals surface area contributed by atoms with Gasteiger partial charge in [-0.2, -0.15) is 0 Å². The second kappa shape index (κ2) is 6.43. The number of nitrogens with two attached hydrogens (primary N) is 1. The van der Waals surface area contributed by atoms with Gasteiger partial charge in [-0.3, -0.25) is 5.41 Å². The second-order valence-electron chi connectivity index (χ2n) is 5.24. The molecular weight excluding hydrogens is 266 g/mol. The minimum atomic E-state index is 0.0773. The lowest BCUT2D eigenvalue weighted by Crippen LogP contribution is -2.12. The van der Waals surface area contributed by atoms with Crippen LogP contribution in [0.4, 0.5) is 0 Å². The van der Waals surface area contributed by atoms with Crippen LogP contribution in [0.5, 0.6) is 5.75 Å². The van der Waals surface area contributed by atoms with Gasteiger partial charge < -0.3 is 15.0 Å². The Bertz CT molecular complexity index is 624. The predicted octanol–water partition coefficient (Wildman–Crippen LogP) is 2.90. The zero-order valence-electron chi connectivity index (χ0n) is 12.7. The molecule has 3 N–H and O–H groups in total. The monoisotopic (exact) mass is 287 g/mol. The summed E-state index contributed by atoms with van der Waals surface area (Å²) in [5, 5.41) is 11.3. The molecule has 5 nitrogen and oxygen atoms in total. The van der Waals surface area contributed by atoms with E-state index in [1.165, 1.54) is 0 Å². The number of amidine groups is 1. The van der Waals surface area contributed by atoms with Crippen molar-refractivity contribution < 1.29 is 9.26 Å². The lowest BCUT2D eigenvalue weighted by Gasteiger charge is -2.13. The van der Waals surface area contributed by atoms with Crippen LogP contribution in [0.15, 0.2) is 22.7 Å². The van der Waals surface area contributed by atoms with E-state index in [0.29, 0.717) is 6.61 Å². The van der Waals surface area contributed by atoms with E-state index in [1.54, 1.807) is 0 Å². The number of hydrogen-bond acceptors (Lipinski definition) is 4. The number of aromatic nitrogens is 1. The summed E-state index contributed by atoms with van der Waals surface area (Å²) in [5.74, 6) is 1.83. The van der Waals surface area contributed by atoms with Crippen LogP contribution in [0.2, 0.25) is 0 Å². The Hall–Kier alpha value is -2.30. The zero-order valence-corrected chi connectivity index (χ0v) is 12.7. The summed E-state index contributed by atoms with van der Waals surface area (Å²) in [7, 11) is 0. The summed E-state index contributed by atoms with van der Waals surface area (Å²) in [6.07, 6.45) is 1.67. The smallest absolute Gasteiger partial charge is 0.137 e. The van der Waals surface area contributed by atoms with Gasteiger partial charge >= 0.3 is 0 Å². The number of aryl methyl sites for hydroxylation is 4. The van der Waals surface area contributed by atoms with Crippen molar-refractivity contribution in [1.29, 1.82) is 5.41 Å². The Morgan fingerprint density at radius 3 is 2.43 bits per heavy atom. The number of benzene rings is 1. The van der Waals surface area contributed by atoms with Crippen LogP contribution in [0.25, 0.3) is 0 Å². The van der Waals surface area contributed by atoms with Gasteiger partial charge in [-0.15, -0.1) is 0 Å². The number of rotatable bonds is 6. The van der Waals surface area contributed by atoms with Crippen molar-refractivity contribution in [3.63, 3.8) is 0 Å². The standard InChI is InChI=1S/C16H21N3O2/c1-10-7-13(16(17)18)8-11(2)15(10)20-6-4-5-14-9-12(3)19-21-14/h7-9H,4-6H2,1-3H3,(H3,17,18). The highest BCUT2D eigenvalue weighted by molar-refractivity contribution is 5.95. The van der Waals surface area contributed by atoms with E-state index in [-0.39, 0.29) is 5.84 Å². The van der Waals surface area contributed by atoms with Crippen LogP contribution in [0, 0.1) is 26.2 Å². The molecule has 5 heteroatoms. The van der Waals surface area contributed by atoms with Crippen molar-refractivity contribution >= 4 is 5.84 Å². The van der Waals surface area contributed by atoms with E-state index in [4.69, 9.17) is 20.4 Å². The maximum absolute atomic E-state index is 7.48. The molecule has 21 heavy (non-hydrogen) atoms. The van der Waals surface area contributed by atoms with Crippen LogP contribution in [-0.2, 0) is 6.42 Å². The van der Waals surface area contributed by atoms with Gasteiger partial charge in [-0.25, -0.2) is 0 Å². The highest BCUT2D eigenvalue weighted by atomic mass is 16.5. The molecule has 0 radical (unpaired) electrons. The molecule has 0 aliphatic carbocycles. The third-order valence-corrected chi connectivity index (χ3v) is 3.26. The highest BCUT2D eigenvalue weighted by Gasteiger charge is 2.08. The number of hydrogen-bond donors (Lipinski definition) is 2. The van der Waals surface area contributed by atoms with Gasteiger partial charge in [-0.1, -0.05) is 5.16 Å². The topological polar surface area (TPSA) is 85.1 Å². The fourth-order valence-corrected chi connectivity index (χ4v) is 2.29. The van der Waals surface area contributed by atoms with Crippen LogP contribution >= 0.6 is 0 Å². The minimum Gasteiger partial charge on any atom is -0.493 e. The molecule has 0 saturated heterocycles. The van der Waals surface area contributed by atoms with E-state index in [9.17, 15) is 0 Å². The zero-order chi connectivity index (χ0) is 15.4. The van der Waals surface area contributed by atoms with Gasteiger partial charge in [0.2, 0.25) is 0 Å². The van der Waals surface area contributed by atoms with E-state index in [0.717, 1.165) is 46.7 Å². The fraction of sp³-hybridized carbons (Fsp3) is 0.375. The molecule has 0 aliphatic heterocycles. The largest absolute Gasteiger partial charge is 0.493 e. The van der Waals surface area contributed by atoms with Crippen molar-refractivity contribution in [2.45, 2.75) is 33.6 Å². The van der Waals surface area contributed by atoms with Crippen LogP contribution < -0.4 is 10.5 Å². The highest BCUT2D eigenvalue weighted by Crippen LogP contribution is 2.25. The Balaban J connectivity index is 1.92. The van der Waals surface area contributed by atoms with E-state index in [2.05, 4.69) is 5.16 Å². The second-order valence-corrected chi connectivity index (χ2v) is 5.24. The Morgan fingerprint density at radius 2 is 1.90 bits per heavy atom. The molecule has 2 rings (SSSR count). The molecule has 1 aromatic carbocycles. The molecule has 0 fully saturated rings. The molecule has 112 valence electrons. The maximum Gasteiger partial charge on any atom is 0.137 e. The first-order chi connectivity index (χ1) is 9.97. The molecule has 0 saturated carbocycles. The summed E-state index contributed by atoms with van der Waals surface area (Å²) >= 11 is 0. The molecule has 1 aromatic heterocycles. The van der Waals surface area contributed by atoms with Crippen molar-refractivity contribution in [3.8, 4) is 5.75 Å². The summed E-state index contributed by atoms with van der Waals surface area (Å²) in [4.78, 5) is 0. The molecule has 2 aromatic rings. The summed E-state index contributed by atoms with van der Waals surface area (Å²) in [6.45, 7) is 6.46. The maximum atomic E-state index is 7.48. The third-order valence-electron chi connectivity index (χ3n) is 3.26. The third kappa shape index (κ3) is 3.84. The Labute approximate surface area is 124 Å². The average molecular weight is 287 g/mol. The van der Waals surface area contributed by atoms with Gasteiger partial charge in [0, 0.05) is 18.1 Å². The summed E-state index contributed by atoms with van der Waals surface area (Å²) in [6, 6.07) is 5.70. The minimum absolute atomic E-state index is 0.0773. The van der Waals surface area contributed by atoms with Crippen molar-refractivity contribution in [2.24, 2.45) is 5.73 Å². The van der Waals surface area contributed by atoms with Crippen LogP contribution in [0.3, 0.4) is 0 Å². The number of nitrogen functional groups attached to an aromatic ring is 1. The van der Waals surface area contributed by atoms with Gasteiger partial charge in [-0.05, 0) is 50.5 Å². The van der Waals surface area contributed by atoms with E-state index in [1.807, 2.05) is 39.0 Å². The van der Waals surface area contributed by atoms with E-state index >= 15 is 0 Å². The summed E-state index contributed by atoms with van der Waals surface area (Å²) < 4.78 is 11.0. The first-order valence-corrected chi connectivity index (χ1v) is 6.98.